The quantitative estimate of drug-likeness (QED) is 0.548. The smallest absolute Gasteiger partial charge is 0.412 e. The molecule has 8 nitrogen and oxygen atoms in total. The van der Waals surface area contributed by atoms with Gasteiger partial charge in [0.25, 0.3) is 0 Å². The summed E-state index contributed by atoms with van der Waals surface area (Å²) < 4.78 is 24.8. The molecular formula is C20H16FN3O5. The molecule has 0 atom stereocenters. The van der Waals surface area contributed by atoms with Crippen LogP contribution >= 0.6 is 0 Å². The summed E-state index contributed by atoms with van der Waals surface area (Å²) in [6.45, 7) is 0.0598. The molecule has 0 saturated carbocycles. The van der Waals surface area contributed by atoms with Gasteiger partial charge >= 0.3 is 12.2 Å². The molecule has 3 rings (SSSR count). The van der Waals surface area contributed by atoms with Crippen molar-refractivity contribution in [2.45, 2.75) is 6.61 Å². The van der Waals surface area contributed by atoms with Gasteiger partial charge in [-0.2, -0.15) is 0 Å². The van der Waals surface area contributed by atoms with Crippen molar-refractivity contribution in [2.24, 2.45) is 0 Å². The summed E-state index contributed by atoms with van der Waals surface area (Å²) >= 11 is 0. The van der Waals surface area contributed by atoms with Crippen LogP contribution in [0.2, 0.25) is 0 Å². The first-order valence-electron chi connectivity index (χ1n) is 8.41. The molecule has 0 fully saturated rings. The first-order chi connectivity index (χ1) is 14.0. The van der Waals surface area contributed by atoms with Gasteiger partial charge in [-0.25, -0.2) is 19.0 Å². The zero-order valence-corrected chi connectivity index (χ0v) is 15.0. The summed E-state index contributed by atoms with van der Waals surface area (Å²) in [5.74, 6) is -0.253. The number of hydrogen-bond donors (Lipinski definition) is 3. The van der Waals surface area contributed by atoms with Crippen molar-refractivity contribution in [1.29, 1.82) is 0 Å². The number of nitrogens with one attached hydrogen (secondary N) is 2. The van der Waals surface area contributed by atoms with Crippen LogP contribution in [0.5, 0.6) is 11.5 Å². The maximum Gasteiger partial charge on any atom is 0.412 e. The molecule has 0 aliphatic heterocycles. The second-order valence-electron chi connectivity index (χ2n) is 5.74. The third kappa shape index (κ3) is 5.93. The lowest BCUT2D eigenvalue weighted by Crippen LogP contribution is -2.14. The molecular weight excluding hydrogens is 381 g/mol. The normalized spacial score (nSPS) is 10.1. The highest BCUT2D eigenvalue weighted by atomic mass is 19.1. The molecule has 0 radical (unpaired) electrons. The highest BCUT2D eigenvalue weighted by Gasteiger charge is 2.10. The first kappa shape index (κ1) is 19.6. The zero-order chi connectivity index (χ0) is 20.6. The van der Waals surface area contributed by atoms with E-state index in [1.165, 1.54) is 30.5 Å². The lowest BCUT2D eigenvalue weighted by Gasteiger charge is -2.10. The Bertz CT molecular complexity index is 1010. The highest BCUT2D eigenvalue weighted by Crippen LogP contribution is 2.26. The number of hydrogen-bond acceptors (Lipinski definition) is 5. The van der Waals surface area contributed by atoms with Gasteiger partial charge in [0.2, 0.25) is 0 Å². The molecule has 3 N–H and O–H groups in total. The van der Waals surface area contributed by atoms with Crippen molar-refractivity contribution in [3.63, 3.8) is 0 Å². The molecule has 0 bridgehead atoms. The molecule has 2 aromatic carbocycles. The van der Waals surface area contributed by atoms with Crippen LogP contribution in [-0.2, 0) is 11.3 Å². The van der Waals surface area contributed by atoms with E-state index in [0.717, 1.165) is 11.6 Å². The van der Waals surface area contributed by atoms with Gasteiger partial charge in [-0.15, -0.1) is 0 Å². The molecule has 0 spiro atoms. The molecule has 0 saturated heterocycles. The topological polar surface area (TPSA) is 110 Å². The van der Waals surface area contributed by atoms with Gasteiger partial charge in [0.15, 0.2) is 5.82 Å². The lowest BCUT2D eigenvalue weighted by molar-refractivity contribution is 0.155. The van der Waals surface area contributed by atoms with E-state index in [-0.39, 0.29) is 29.6 Å². The molecule has 1 aromatic heterocycles. The van der Waals surface area contributed by atoms with Crippen molar-refractivity contribution in [2.75, 3.05) is 10.6 Å². The van der Waals surface area contributed by atoms with Crippen molar-refractivity contribution < 1.29 is 28.6 Å². The Morgan fingerprint density at radius 1 is 1.00 bits per heavy atom. The molecule has 0 aliphatic rings. The summed E-state index contributed by atoms with van der Waals surface area (Å²) in [4.78, 5) is 26.3. The van der Waals surface area contributed by atoms with Crippen LogP contribution in [0.15, 0.2) is 66.9 Å². The third-order valence-corrected chi connectivity index (χ3v) is 3.59. The van der Waals surface area contributed by atoms with E-state index >= 15 is 0 Å². The van der Waals surface area contributed by atoms with Crippen LogP contribution in [0.4, 0.5) is 25.5 Å². The molecule has 3 aromatic rings. The minimum Gasteiger partial charge on any atom is -0.465 e. The Balaban J connectivity index is 1.60. The van der Waals surface area contributed by atoms with Crippen molar-refractivity contribution in [3.8, 4) is 11.5 Å². The Hall–Kier alpha value is -4.14. The maximum absolute atomic E-state index is 14.3. The number of carbonyl (C=O) groups excluding carboxylic acids is 1. The van der Waals surface area contributed by atoms with Gasteiger partial charge < -0.3 is 14.6 Å². The van der Waals surface area contributed by atoms with E-state index in [1.54, 1.807) is 12.1 Å². The maximum atomic E-state index is 14.3. The van der Waals surface area contributed by atoms with E-state index in [9.17, 15) is 14.0 Å². The fourth-order valence-electron chi connectivity index (χ4n) is 2.32. The van der Waals surface area contributed by atoms with Gasteiger partial charge in [-0.05, 0) is 23.8 Å². The number of benzene rings is 2. The van der Waals surface area contributed by atoms with Crippen molar-refractivity contribution in [1.82, 2.24) is 4.98 Å². The van der Waals surface area contributed by atoms with Gasteiger partial charge in [0.05, 0.1) is 5.69 Å². The summed E-state index contributed by atoms with van der Waals surface area (Å²) in [5, 5.41) is 13.1. The number of ether oxygens (including phenoxy) is 2. The minimum atomic E-state index is -1.27. The minimum absolute atomic E-state index is 0.0598. The Labute approximate surface area is 164 Å². The predicted octanol–water partition coefficient (Wildman–Crippen LogP) is 4.85. The Kier molecular flexibility index (Phi) is 6.21. The van der Waals surface area contributed by atoms with E-state index in [0.29, 0.717) is 0 Å². The van der Waals surface area contributed by atoms with Gasteiger partial charge in [-0.3, -0.25) is 10.6 Å². The Morgan fingerprint density at radius 2 is 1.76 bits per heavy atom. The van der Waals surface area contributed by atoms with Crippen LogP contribution in [0.1, 0.15) is 5.56 Å². The van der Waals surface area contributed by atoms with E-state index in [4.69, 9.17) is 14.6 Å². The monoisotopic (exact) mass is 397 g/mol. The Morgan fingerprint density at radius 3 is 2.48 bits per heavy atom. The van der Waals surface area contributed by atoms with Gasteiger partial charge in [-0.1, -0.05) is 30.3 Å². The van der Waals surface area contributed by atoms with Crippen LogP contribution in [-0.4, -0.2) is 22.3 Å². The van der Waals surface area contributed by atoms with E-state index in [2.05, 4.69) is 15.6 Å². The molecule has 148 valence electrons. The molecule has 0 unspecified atom stereocenters. The highest BCUT2D eigenvalue weighted by molar-refractivity contribution is 5.85. The number of rotatable bonds is 6. The number of aromatic nitrogens is 1. The third-order valence-electron chi connectivity index (χ3n) is 3.59. The SMILES string of the molecule is O=C(O)Nc1cc(Oc2ccc(NC(=O)OCc3ccccc3)c(F)c2)ccn1. The predicted molar refractivity (Wildman–Crippen MR) is 103 cm³/mol. The number of amides is 2. The van der Waals surface area contributed by atoms with E-state index in [1.807, 2.05) is 18.2 Å². The average molecular weight is 397 g/mol. The fraction of sp³-hybridized carbons (Fsp3) is 0.0500. The number of pyridine rings is 1. The van der Waals surface area contributed by atoms with Gasteiger partial charge in [0.1, 0.15) is 23.9 Å². The van der Waals surface area contributed by atoms with E-state index < -0.39 is 18.0 Å². The van der Waals surface area contributed by atoms with Gasteiger partial charge in [0, 0.05) is 18.3 Å². The number of carbonyl (C=O) groups is 2. The summed E-state index contributed by atoms with van der Waals surface area (Å²) in [7, 11) is 0. The van der Waals surface area contributed by atoms with Crippen LogP contribution in [0, 0.1) is 5.82 Å². The number of anilines is 2. The summed E-state index contributed by atoms with van der Waals surface area (Å²) in [5.41, 5.74) is 0.736. The van der Waals surface area contributed by atoms with Crippen molar-refractivity contribution in [3.05, 3.63) is 78.2 Å². The van der Waals surface area contributed by atoms with Crippen molar-refractivity contribution >= 4 is 23.7 Å². The summed E-state index contributed by atoms with van der Waals surface area (Å²) in [6.07, 6.45) is -0.717. The molecule has 1 heterocycles. The van der Waals surface area contributed by atoms with Crippen LogP contribution in [0.3, 0.4) is 0 Å². The fourth-order valence-corrected chi connectivity index (χ4v) is 2.32. The first-order valence-corrected chi connectivity index (χ1v) is 8.41. The summed E-state index contributed by atoms with van der Waals surface area (Å²) in [6, 6.07) is 15.8. The number of nitrogens with zero attached hydrogens (tertiary/aromatic N) is 1. The second kappa shape index (κ2) is 9.18. The standard InChI is InChI=1S/C20H16FN3O5/c21-16-10-14(29-15-8-9-22-18(11-15)24-19(25)26)6-7-17(16)23-20(27)28-12-13-4-2-1-3-5-13/h1-11H,12H2,(H,22,24)(H,23,27)(H,25,26). The zero-order valence-electron chi connectivity index (χ0n) is 15.0. The van der Waals surface area contributed by atoms with Crippen LogP contribution < -0.4 is 15.4 Å². The average Bonchev–Trinajstić information content (AvgIpc) is 2.69. The van der Waals surface area contributed by atoms with Crippen LogP contribution in [0.25, 0.3) is 0 Å². The number of halogens is 1. The largest absolute Gasteiger partial charge is 0.465 e. The molecule has 9 heteroatoms. The second-order valence-corrected chi connectivity index (χ2v) is 5.74. The molecule has 0 aliphatic carbocycles. The molecule has 2 amide bonds. The lowest BCUT2D eigenvalue weighted by atomic mass is 10.2. The molecule has 29 heavy (non-hydrogen) atoms. The number of carboxylic acid groups (broad SMARTS) is 1.